The summed E-state index contributed by atoms with van der Waals surface area (Å²) in [6, 6.07) is 4.60. The quantitative estimate of drug-likeness (QED) is 0.628. The highest BCUT2D eigenvalue weighted by Crippen LogP contribution is 2.19. The van der Waals surface area contributed by atoms with Crippen LogP contribution in [0.25, 0.3) is 0 Å². The average molecular weight is 425 g/mol. The fourth-order valence-corrected chi connectivity index (χ4v) is 3.12. The number of rotatable bonds is 5. The van der Waals surface area contributed by atoms with Crippen molar-refractivity contribution >= 4 is 35.2 Å². The van der Waals surface area contributed by atoms with E-state index in [0.29, 0.717) is 30.3 Å². The molecular formula is C20H29ClN4O4. The van der Waals surface area contributed by atoms with Gasteiger partial charge in [-0.15, -0.1) is 0 Å². The van der Waals surface area contributed by atoms with Gasteiger partial charge in [0, 0.05) is 30.3 Å². The lowest BCUT2D eigenvalue weighted by atomic mass is 9.97. The van der Waals surface area contributed by atoms with Crippen molar-refractivity contribution in [1.82, 2.24) is 15.5 Å². The molecule has 1 saturated heterocycles. The molecule has 0 radical (unpaired) electrons. The van der Waals surface area contributed by atoms with Crippen LogP contribution in [-0.4, -0.2) is 54.6 Å². The molecule has 2 rings (SSSR count). The van der Waals surface area contributed by atoms with Gasteiger partial charge in [-0.3, -0.25) is 9.59 Å². The van der Waals surface area contributed by atoms with E-state index in [-0.39, 0.29) is 30.0 Å². The summed E-state index contributed by atoms with van der Waals surface area (Å²) in [7, 11) is 0. The number of nitrogens with two attached hydrogens (primary N) is 1. The number of nitrogens with zero attached hydrogens (tertiary/aromatic N) is 1. The van der Waals surface area contributed by atoms with Crippen molar-refractivity contribution in [3.05, 3.63) is 28.8 Å². The first-order valence-electron chi connectivity index (χ1n) is 9.63. The van der Waals surface area contributed by atoms with Crippen molar-refractivity contribution in [3.63, 3.8) is 0 Å². The third-order valence-electron chi connectivity index (χ3n) is 4.52. The van der Waals surface area contributed by atoms with Gasteiger partial charge in [0.2, 0.25) is 5.91 Å². The molecule has 29 heavy (non-hydrogen) atoms. The van der Waals surface area contributed by atoms with Crippen LogP contribution in [0.3, 0.4) is 0 Å². The summed E-state index contributed by atoms with van der Waals surface area (Å²) in [5, 5.41) is 5.76. The van der Waals surface area contributed by atoms with Crippen molar-refractivity contribution in [1.29, 1.82) is 0 Å². The van der Waals surface area contributed by atoms with E-state index in [9.17, 15) is 14.4 Å². The maximum absolute atomic E-state index is 12.1. The second kappa shape index (κ2) is 9.82. The molecule has 1 fully saturated rings. The standard InChI is InChI=1S/C20H29ClN4O4/c1-20(2,3)29-19(28)25-8-6-13(7-9-25)11-23-17(26)12-24-18(27)15-10-14(21)4-5-16(15)22/h4-5,10,13H,6-9,11-12,22H2,1-3H3,(H,23,26)(H,24,27). The van der Waals surface area contributed by atoms with E-state index in [1.54, 1.807) is 17.0 Å². The third kappa shape index (κ3) is 7.45. The van der Waals surface area contributed by atoms with Crippen LogP contribution in [0.5, 0.6) is 0 Å². The number of hydrogen-bond acceptors (Lipinski definition) is 5. The monoisotopic (exact) mass is 424 g/mol. The summed E-state index contributed by atoms with van der Waals surface area (Å²) in [5.74, 6) is -0.462. The molecule has 0 unspecified atom stereocenters. The lowest BCUT2D eigenvalue weighted by Gasteiger charge is -2.33. The second-order valence-corrected chi connectivity index (χ2v) is 8.57. The van der Waals surface area contributed by atoms with Gasteiger partial charge >= 0.3 is 6.09 Å². The zero-order valence-corrected chi connectivity index (χ0v) is 17.8. The highest BCUT2D eigenvalue weighted by molar-refractivity contribution is 6.31. The van der Waals surface area contributed by atoms with E-state index in [4.69, 9.17) is 22.1 Å². The summed E-state index contributed by atoms with van der Waals surface area (Å²) in [4.78, 5) is 38.0. The van der Waals surface area contributed by atoms with E-state index in [0.717, 1.165) is 12.8 Å². The van der Waals surface area contributed by atoms with Gasteiger partial charge in [-0.05, 0) is 57.7 Å². The minimum atomic E-state index is -0.512. The SMILES string of the molecule is CC(C)(C)OC(=O)N1CCC(CNC(=O)CNC(=O)c2cc(Cl)ccc2N)CC1. The molecule has 0 spiro atoms. The van der Waals surface area contributed by atoms with Crippen molar-refractivity contribution in [2.75, 3.05) is 31.9 Å². The van der Waals surface area contributed by atoms with E-state index >= 15 is 0 Å². The Kier molecular flexibility index (Phi) is 7.73. The maximum atomic E-state index is 12.1. The van der Waals surface area contributed by atoms with Crippen LogP contribution in [0.1, 0.15) is 44.0 Å². The zero-order chi connectivity index (χ0) is 21.6. The van der Waals surface area contributed by atoms with E-state index in [2.05, 4.69) is 10.6 Å². The van der Waals surface area contributed by atoms with E-state index in [1.807, 2.05) is 20.8 Å². The molecule has 1 aliphatic rings. The maximum Gasteiger partial charge on any atom is 0.410 e. The zero-order valence-electron chi connectivity index (χ0n) is 17.1. The van der Waals surface area contributed by atoms with Gasteiger partial charge in [0.25, 0.3) is 5.91 Å². The Labute approximate surface area is 176 Å². The minimum absolute atomic E-state index is 0.151. The van der Waals surface area contributed by atoms with Gasteiger partial charge in [-0.2, -0.15) is 0 Å². The van der Waals surface area contributed by atoms with Crippen LogP contribution < -0.4 is 16.4 Å². The molecule has 4 N–H and O–H groups in total. The summed E-state index contributed by atoms with van der Waals surface area (Å²) < 4.78 is 5.38. The molecule has 1 aliphatic heterocycles. The summed E-state index contributed by atoms with van der Waals surface area (Å²) in [6.07, 6.45) is 1.26. The van der Waals surface area contributed by atoms with Gasteiger partial charge < -0.3 is 26.0 Å². The minimum Gasteiger partial charge on any atom is -0.444 e. The van der Waals surface area contributed by atoms with Crippen LogP contribution in [0.4, 0.5) is 10.5 Å². The Morgan fingerprint density at radius 1 is 1.21 bits per heavy atom. The molecule has 0 aliphatic carbocycles. The van der Waals surface area contributed by atoms with Crippen molar-refractivity contribution in [2.45, 2.75) is 39.2 Å². The Morgan fingerprint density at radius 2 is 1.86 bits per heavy atom. The number of halogens is 1. The molecule has 1 aromatic rings. The predicted molar refractivity (Wildman–Crippen MR) is 112 cm³/mol. The van der Waals surface area contributed by atoms with Crippen molar-refractivity contribution < 1.29 is 19.1 Å². The summed E-state index contributed by atoms with van der Waals surface area (Å²) in [5.41, 5.74) is 5.78. The number of nitrogens with one attached hydrogen (secondary N) is 2. The molecule has 3 amide bonds. The highest BCUT2D eigenvalue weighted by atomic mass is 35.5. The number of amides is 3. The molecule has 9 heteroatoms. The number of carbonyl (C=O) groups excluding carboxylic acids is 3. The van der Waals surface area contributed by atoms with Gasteiger partial charge in [-0.25, -0.2) is 4.79 Å². The Bertz CT molecular complexity index is 755. The summed E-state index contributed by atoms with van der Waals surface area (Å²) in [6.45, 7) is 7.06. The van der Waals surface area contributed by atoms with Crippen LogP contribution in [0.15, 0.2) is 18.2 Å². The largest absolute Gasteiger partial charge is 0.444 e. The molecule has 1 aromatic carbocycles. The molecule has 0 aromatic heterocycles. The van der Waals surface area contributed by atoms with Crippen molar-refractivity contribution in [3.8, 4) is 0 Å². The van der Waals surface area contributed by atoms with Crippen LogP contribution >= 0.6 is 11.6 Å². The smallest absolute Gasteiger partial charge is 0.410 e. The molecule has 1 heterocycles. The Hall–Kier alpha value is -2.48. The van der Waals surface area contributed by atoms with Gasteiger partial charge in [0.05, 0.1) is 12.1 Å². The van der Waals surface area contributed by atoms with Crippen molar-refractivity contribution in [2.24, 2.45) is 5.92 Å². The number of nitrogen functional groups attached to an aromatic ring is 1. The van der Waals surface area contributed by atoms with E-state index < -0.39 is 11.5 Å². The van der Waals surface area contributed by atoms with Crippen LogP contribution in [-0.2, 0) is 9.53 Å². The molecule has 160 valence electrons. The van der Waals surface area contributed by atoms with Gasteiger partial charge in [0.15, 0.2) is 0 Å². The first-order valence-corrected chi connectivity index (χ1v) is 10.0. The third-order valence-corrected chi connectivity index (χ3v) is 4.76. The highest BCUT2D eigenvalue weighted by Gasteiger charge is 2.27. The van der Waals surface area contributed by atoms with Crippen LogP contribution in [0.2, 0.25) is 5.02 Å². The number of piperidine rings is 1. The first kappa shape index (κ1) is 22.8. The summed E-state index contributed by atoms with van der Waals surface area (Å²) >= 11 is 5.87. The topological polar surface area (TPSA) is 114 Å². The number of hydrogen-bond donors (Lipinski definition) is 3. The van der Waals surface area contributed by atoms with Gasteiger partial charge in [0.1, 0.15) is 5.60 Å². The Morgan fingerprint density at radius 3 is 2.48 bits per heavy atom. The van der Waals surface area contributed by atoms with Gasteiger partial charge in [-0.1, -0.05) is 11.6 Å². The molecule has 8 nitrogen and oxygen atoms in total. The predicted octanol–water partition coefficient (Wildman–Crippen LogP) is 2.42. The lowest BCUT2D eigenvalue weighted by molar-refractivity contribution is -0.120. The Balaban J connectivity index is 1.69. The molecular weight excluding hydrogens is 396 g/mol. The van der Waals surface area contributed by atoms with Crippen LogP contribution in [0, 0.1) is 5.92 Å². The number of carbonyl (C=O) groups is 3. The normalized spacial score (nSPS) is 15.0. The lowest BCUT2D eigenvalue weighted by Crippen LogP contribution is -2.44. The number of likely N-dealkylation sites (tertiary alicyclic amines) is 1. The molecule has 0 saturated carbocycles. The number of anilines is 1. The second-order valence-electron chi connectivity index (χ2n) is 8.13. The fourth-order valence-electron chi connectivity index (χ4n) is 2.95. The number of ether oxygens (including phenoxy) is 1. The number of benzene rings is 1. The molecule has 0 bridgehead atoms. The average Bonchev–Trinajstić information content (AvgIpc) is 2.65. The fraction of sp³-hybridized carbons (Fsp3) is 0.550. The van der Waals surface area contributed by atoms with E-state index in [1.165, 1.54) is 6.07 Å². The molecule has 0 atom stereocenters. The first-order chi connectivity index (χ1) is 13.5.